The molecule has 0 aromatic carbocycles. The molecule has 1 atom stereocenters. The molecule has 106 valence electrons. The van der Waals surface area contributed by atoms with Crippen molar-refractivity contribution in [3.8, 4) is 0 Å². The van der Waals surface area contributed by atoms with Crippen LogP contribution in [-0.2, 0) is 4.74 Å². The lowest BCUT2D eigenvalue weighted by Gasteiger charge is -2.58. The van der Waals surface area contributed by atoms with Gasteiger partial charge >= 0.3 is 0 Å². The minimum atomic E-state index is 0.244. The van der Waals surface area contributed by atoms with E-state index >= 15 is 0 Å². The summed E-state index contributed by atoms with van der Waals surface area (Å²) in [7, 11) is 4.06. The van der Waals surface area contributed by atoms with Gasteiger partial charge in [-0.2, -0.15) is 0 Å². The van der Waals surface area contributed by atoms with E-state index in [4.69, 9.17) is 10.5 Å². The van der Waals surface area contributed by atoms with Crippen LogP contribution in [0.25, 0.3) is 0 Å². The van der Waals surface area contributed by atoms with Crippen molar-refractivity contribution in [2.75, 3.05) is 27.3 Å². The van der Waals surface area contributed by atoms with Crippen LogP contribution in [-0.4, -0.2) is 43.8 Å². The molecule has 2 rings (SSSR count). The maximum absolute atomic E-state index is 6.28. The molecule has 2 N–H and O–H groups in total. The number of nitrogens with zero attached hydrogens (tertiary/aromatic N) is 1. The van der Waals surface area contributed by atoms with Crippen molar-refractivity contribution >= 4 is 0 Å². The van der Waals surface area contributed by atoms with E-state index in [0.29, 0.717) is 6.04 Å². The van der Waals surface area contributed by atoms with E-state index in [1.807, 2.05) is 0 Å². The lowest BCUT2D eigenvalue weighted by molar-refractivity contribution is -0.0818. The van der Waals surface area contributed by atoms with Crippen LogP contribution in [0.4, 0.5) is 0 Å². The van der Waals surface area contributed by atoms with Crippen LogP contribution in [0.15, 0.2) is 0 Å². The zero-order valence-corrected chi connectivity index (χ0v) is 12.3. The van der Waals surface area contributed by atoms with Crippen molar-refractivity contribution in [3.63, 3.8) is 0 Å². The van der Waals surface area contributed by atoms with Crippen LogP contribution in [0.2, 0.25) is 0 Å². The van der Waals surface area contributed by atoms with Gasteiger partial charge in [-0.05, 0) is 51.5 Å². The van der Waals surface area contributed by atoms with Gasteiger partial charge in [-0.15, -0.1) is 0 Å². The summed E-state index contributed by atoms with van der Waals surface area (Å²) in [6.07, 6.45) is 8.28. The highest BCUT2D eigenvalue weighted by atomic mass is 16.5. The minimum Gasteiger partial charge on any atom is -0.383 e. The lowest BCUT2D eigenvalue weighted by atomic mass is 9.58. The average Bonchev–Trinajstić information content (AvgIpc) is 2.22. The molecule has 2 saturated carbocycles. The molecule has 2 aliphatic carbocycles. The van der Waals surface area contributed by atoms with Crippen molar-refractivity contribution in [1.82, 2.24) is 4.90 Å². The maximum Gasteiger partial charge on any atom is 0.0615 e. The lowest BCUT2D eigenvalue weighted by Crippen LogP contribution is -2.67. The molecule has 0 saturated heterocycles. The molecule has 18 heavy (non-hydrogen) atoms. The Morgan fingerprint density at radius 2 is 1.72 bits per heavy atom. The number of nitrogens with two attached hydrogens (primary N) is 1. The normalized spacial score (nSPS) is 23.8. The molecule has 3 heteroatoms. The average molecular weight is 254 g/mol. The quantitative estimate of drug-likeness (QED) is 0.757. The molecule has 0 amide bonds. The summed E-state index contributed by atoms with van der Waals surface area (Å²) in [6, 6.07) is 0.458. The van der Waals surface area contributed by atoms with Gasteiger partial charge in [0.15, 0.2) is 0 Å². The largest absolute Gasteiger partial charge is 0.383 e. The first-order valence-electron chi connectivity index (χ1n) is 7.58. The minimum absolute atomic E-state index is 0.244. The molecule has 1 unspecified atom stereocenters. The Balaban J connectivity index is 2.15. The first kappa shape index (κ1) is 14.3. The number of hydrogen-bond acceptors (Lipinski definition) is 3. The number of rotatable bonds is 7. The fraction of sp³-hybridized carbons (Fsp3) is 1.00. The molecular weight excluding hydrogens is 224 g/mol. The van der Waals surface area contributed by atoms with Crippen molar-refractivity contribution < 1.29 is 4.74 Å². The molecule has 0 bridgehead atoms. The van der Waals surface area contributed by atoms with Gasteiger partial charge in [-0.1, -0.05) is 12.8 Å². The summed E-state index contributed by atoms with van der Waals surface area (Å²) in [6.45, 7) is 3.88. The molecule has 3 nitrogen and oxygen atoms in total. The Labute approximate surface area is 112 Å². The topological polar surface area (TPSA) is 38.5 Å². The third-order valence-electron chi connectivity index (χ3n) is 5.68. The van der Waals surface area contributed by atoms with Gasteiger partial charge < -0.3 is 10.5 Å². The van der Waals surface area contributed by atoms with Gasteiger partial charge in [0.25, 0.3) is 0 Å². The van der Waals surface area contributed by atoms with E-state index in [9.17, 15) is 0 Å². The number of likely N-dealkylation sites (N-methyl/N-ethyl adjacent to an activating group) is 1. The van der Waals surface area contributed by atoms with E-state index in [1.54, 1.807) is 7.11 Å². The zero-order chi connectivity index (χ0) is 13.2. The molecule has 0 aromatic heterocycles. The predicted octanol–water partition coefficient (Wildman–Crippen LogP) is 2.25. The molecule has 0 aliphatic heterocycles. The Morgan fingerprint density at radius 1 is 1.22 bits per heavy atom. The fourth-order valence-corrected chi connectivity index (χ4v) is 3.97. The van der Waals surface area contributed by atoms with Gasteiger partial charge in [0, 0.05) is 25.2 Å². The van der Waals surface area contributed by atoms with E-state index in [-0.39, 0.29) is 5.54 Å². The van der Waals surface area contributed by atoms with Gasteiger partial charge in [-0.3, -0.25) is 4.90 Å². The highest BCUT2D eigenvalue weighted by molar-refractivity contribution is 5.07. The van der Waals surface area contributed by atoms with Crippen LogP contribution in [0.3, 0.4) is 0 Å². The predicted molar refractivity (Wildman–Crippen MR) is 75.6 cm³/mol. The molecule has 2 aliphatic rings. The van der Waals surface area contributed by atoms with Crippen LogP contribution in [0.1, 0.15) is 45.4 Å². The van der Waals surface area contributed by atoms with Crippen molar-refractivity contribution in [2.45, 2.75) is 57.0 Å². The second-order valence-corrected chi connectivity index (χ2v) is 6.37. The van der Waals surface area contributed by atoms with E-state index < -0.39 is 0 Å². The summed E-state index contributed by atoms with van der Waals surface area (Å²) in [5, 5.41) is 0. The van der Waals surface area contributed by atoms with Crippen molar-refractivity contribution in [3.05, 3.63) is 0 Å². The molecule has 0 spiro atoms. The van der Waals surface area contributed by atoms with Crippen molar-refractivity contribution in [2.24, 2.45) is 17.6 Å². The molecule has 0 heterocycles. The highest BCUT2D eigenvalue weighted by Crippen LogP contribution is 2.50. The molecule has 0 radical (unpaired) electrons. The third kappa shape index (κ3) is 2.21. The van der Waals surface area contributed by atoms with Gasteiger partial charge in [-0.25, -0.2) is 0 Å². The Hall–Kier alpha value is -0.120. The number of ether oxygens (including phenoxy) is 1. The summed E-state index contributed by atoms with van der Waals surface area (Å²) in [4.78, 5) is 2.56. The zero-order valence-electron chi connectivity index (χ0n) is 12.3. The summed E-state index contributed by atoms with van der Waals surface area (Å²) >= 11 is 0. The van der Waals surface area contributed by atoms with Crippen LogP contribution >= 0.6 is 0 Å². The summed E-state index contributed by atoms with van der Waals surface area (Å²) in [5.41, 5.74) is 6.53. The van der Waals surface area contributed by atoms with Crippen LogP contribution in [0, 0.1) is 11.8 Å². The second kappa shape index (κ2) is 5.89. The SMILES string of the molecule is COCC(C)N(C)C(CN)(C1CCC1)C1CCC1. The Kier molecular flexibility index (Phi) is 4.68. The smallest absolute Gasteiger partial charge is 0.0615 e. The van der Waals surface area contributed by atoms with E-state index in [2.05, 4.69) is 18.9 Å². The van der Waals surface area contributed by atoms with Crippen LogP contribution in [0.5, 0.6) is 0 Å². The van der Waals surface area contributed by atoms with Gasteiger partial charge in [0.05, 0.1) is 6.61 Å². The first-order chi connectivity index (χ1) is 8.66. The first-order valence-corrected chi connectivity index (χ1v) is 7.58. The van der Waals surface area contributed by atoms with Crippen LogP contribution < -0.4 is 5.73 Å². The van der Waals surface area contributed by atoms with Gasteiger partial charge in [0.2, 0.25) is 0 Å². The standard InChI is InChI=1S/C15H30N2O/c1-12(10-18-3)17(2)15(11-16,13-6-4-7-13)14-8-5-9-14/h12-14H,4-11,16H2,1-3H3. The Bertz CT molecular complexity index is 247. The summed E-state index contributed by atoms with van der Waals surface area (Å²) < 4.78 is 5.34. The highest BCUT2D eigenvalue weighted by Gasteiger charge is 2.51. The molecular formula is C15H30N2O. The maximum atomic E-state index is 6.28. The summed E-state index contributed by atoms with van der Waals surface area (Å²) in [5.74, 6) is 1.63. The molecule has 2 fully saturated rings. The second-order valence-electron chi connectivity index (χ2n) is 6.37. The van der Waals surface area contributed by atoms with Crippen molar-refractivity contribution in [1.29, 1.82) is 0 Å². The Morgan fingerprint density at radius 3 is 2.00 bits per heavy atom. The third-order valence-corrected chi connectivity index (χ3v) is 5.68. The monoisotopic (exact) mass is 254 g/mol. The number of hydrogen-bond donors (Lipinski definition) is 1. The van der Waals surface area contributed by atoms with Gasteiger partial charge in [0.1, 0.15) is 0 Å². The molecule has 0 aromatic rings. The fourth-order valence-electron chi connectivity index (χ4n) is 3.97. The van der Waals surface area contributed by atoms with E-state index in [1.165, 1.54) is 38.5 Å². The van der Waals surface area contributed by atoms with E-state index in [0.717, 1.165) is 25.0 Å². The number of methoxy groups -OCH3 is 1.